The lowest BCUT2D eigenvalue weighted by Crippen LogP contribution is -2.25. The van der Waals surface area contributed by atoms with Crippen molar-refractivity contribution in [3.8, 4) is 11.1 Å². The first-order chi connectivity index (χ1) is 16.2. The van der Waals surface area contributed by atoms with Gasteiger partial charge in [-0.3, -0.25) is 0 Å². The van der Waals surface area contributed by atoms with Gasteiger partial charge in [-0.25, -0.2) is 0 Å². The SMILES string of the molecule is CCCCCCC1(CCCCCc2ccc3c(c2)CC3)c2ccccc2-c2ccc(C)cc21. The second kappa shape index (κ2) is 9.88. The van der Waals surface area contributed by atoms with Gasteiger partial charge >= 0.3 is 0 Å². The van der Waals surface area contributed by atoms with Crippen molar-refractivity contribution in [3.63, 3.8) is 0 Å². The van der Waals surface area contributed by atoms with E-state index >= 15 is 0 Å². The number of aryl methyl sites for hydroxylation is 4. The topological polar surface area (TPSA) is 0 Å². The van der Waals surface area contributed by atoms with E-state index in [-0.39, 0.29) is 5.41 Å². The van der Waals surface area contributed by atoms with Crippen molar-refractivity contribution in [2.45, 2.75) is 96.3 Å². The van der Waals surface area contributed by atoms with Crippen LogP contribution in [0.25, 0.3) is 11.1 Å². The number of benzene rings is 3. The number of hydrogen-bond donors (Lipinski definition) is 0. The molecular formula is C33H40. The van der Waals surface area contributed by atoms with Gasteiger partial charge in [0.1, 0.15) is 0 Å². The first-order valence-electron chi connectivity index (χ1n) is 13.5. The molecule has 0 fully saturated rings. The quantitative estimate of drug-likeness (QED) is 0.263. The normalized spacial score (nSPS) is 17.9. The van der Waals surface area contributed by atoms with Gasteiger partial charge in [-0.05, 0) is 84.4 Å². The Bertz CT molecular complexity index is 1100. The van der Waals surface area contributed by atoms with Gasteiger partial charge in [0.15, 0.2) is 0 Å². The lowest BCUT2D eigenvalue weighted by molar-refractivity contribution is 0.401. The van der Waals surface area contributed by atoms with Crippen LogP contribution in [0.1, 0.15) is 98.1 Å². The number of fused-ring (bicyclic) bond motifs is 4. The van der Waals surface area contributed by atoms with Crippen LogP contribution in [0, 0.1) is 6.92 Å². The standard InChI is InChI=1S/C33H40/c1-3-4-5-10-21-33(22-11-6-7-12-26-16-17-27-18-19-28(27)24-26)31-14-9-8-13-29(31)30-20-15-25(2)23-32(30)33/h8-9,13-17,20,23-24H,3-7,10-12,18-19,21-22H2,1-2H3. The smallest absolute Gasteiger partial charge is 0.0215 e. The molecule has 0 nitrogen and oxygen atoms in total. The maximum absolute atomic E-state index is 2.51. The second-order valence-electron chi connectivity index (χ2n) is 10.7. The number of hydrogen-bond acceptors (Lipinski definition) is 0. The Labute approximate surface area is 201 Å². The molecule has 172 valence electrons. The fraction of sp³-hybridized carbons (Fsp3) is 0.455. The van der Waals surface area contributed by atoms with Crippen molar-refractivity contribution in [2.75, 3.05) is 0 Å². The Kier molecular flexibility index (Phi) is 6.72. The van der Waals surface area contributed by atoms with Crippen LogP contribution in [-0.4, -0.2) is 0 Å². The maximum Gasteiger partial charge on any atom is 0.0215 e. The number of rotatable bonds is 11. The summed E-state index contributed by atoms with van der Waals surface area (Å²) in [6, 6.07) is 23.7. The molecular weight excluding hydrogens is 396 g/mol. The fourth-order valence-corrected chi connectivity index (χ4v) is 6.42. The third-order valence-electron chi connectivity index (χ3n) is 8.38. The molecule has 33 heavy (non-hydrogen) atoms. The van der Waals surface area contributed by atoms with Gasteiger partial charge in [-0.1, -0.05) is 112 Å². The second-order valence-corrected chi connectivity index (χ2v) is 10.7. The number of unbranched alkanes of at least 4 members (excludes halogenated alkanes) is 5. The molecule has 1 atom stereocenters. The summed E-state index contributed by atoms with van der Waals surface area (Å²) >= 11 is 0. The molecule has 3 aromatic rings. The molecule has 0 amide bonds. The first-order valence-corrected chi connectivity index (χ1v) is 13.5. The van der Waals surface area contributed by atoms with E-state index in [1.165, 1.54) is 93.7 Å². The van der Waals surface area contributed by atoms with E-state index in [0.717, 1.165) is 0 Å². The van der Waals surface area contributed by atoms with Crippen LogP contribution >= 0.6 is 0 Å². The average molecular weight is 437 g/mol. The molecule has 0 bridgehead atoms. The molecule has 3 aromatic carbocycles. The summed E-state index contributed by atoms with van der Waals surface area (Å²) in [5.41, 5.74) is 12.5. The van der Waals surface area contributed by atoms with Crippen molar-refractivity contribution in [1.82, 2.24) is 0 Å². The zero-order chi connectivity index (χ0) is 22.7. The van der Waals surface area contributed by atoms with Gasteiger partial charge in [-0.2, -0.15) is 0 Å². The van der Waals surface area contributed by atoms with Crippen LogP contribution in [0.2, 0.25) is 0 Å². The minimum atomic E-state index is 0.210. The third-order valence-corrected chi connectivity index (χ3v) is 8.38. The Morgan fingerprint density at radius 2 is 1.42 bits per heavy atom. The van der Waals surface area contributed by atoms with Crippen molar-refractivity contribution in [3.05, 3.63) is 94.0 Å². The van der Waals surface area contributed by atoms with Crippen LogP contribution in [0.15, 0.2) is 60.7 Å². The van der Waals surface area contributed by atoms with Crippen molar-refractivity contribution in [2.24, 2.45) is 0 Å². The molecule has 5 rings (SSSR count). The predicted molar refractivity (Wildman–Crippen MR) is 142 cm³/mol. The average Bonchev–Trinajstić information content (AvgIpc) is 3.07. The van der Waals surface area contributed by atoms with E-state index in [9.17, 15) is 0 Å². The lowest BCUT2D eigenvalue weighted by Gasteiger charge is -2.33. The van der Waals surface area contributed by atoms with Gasteiger partial charge in [0.25, 0.3) is 0 Å². The van der Waals surface area contributed by atoms with Gasteiger partial charge in [-0.15, -0.1) is 0 Å². The minimum absolute atomic E-state index is 0.210. The van der Waals surface area contributed by atoms with E-state index in [1.54, 1.807) is 27.8 Å². The molecule has 0 saturated carbocycles. The zero-order valence-corrected chi connectivity index (χ0v) is 20.8. The molecule has 0 spiro atoms. The van der Waals surface area contributed by atoms with Crippen LogP contribution < -0.4 is 0 Å². The molecule has 0 heteroatoms. The van der Waals surface area contributed by atoms with E-state index < -0.39 is 0 Å². The van der Waals surface area contributed by atoms with E-state index in [0.29, 0.717) is 0 Å². The van der Waals surface area contributed by atoms with Crippen molar-refractivity contribution in [1.29, 1.82) is 0 Å². The Morgan fingerprint density at radius 1 is 0.667 bits per heavy atom. The van der Waals surface area contributed by atoms with Gasteiger partial charge in [0, 0.05) is 5.41 Å². The van der Waals surface area contributed by atoms with Gasteiger partial charge in [0.05, 0.1) is 0 Å². The van der Waals surface area contributed by atoms with Crippen molar-refractivity contribution < 1.29 is 0 Å². The lowest BCUT2D eigenvalue weighted by atomic mass is 9.70. The Morgan fingerprint density at radius 3 is 2.18 bits per heavy atom. The van der Waals surface area contributed by atoms with Crippen molar-refractivity contribution >= 4 is 0 Å². The summed E-state index contributed by atoms with van der Waals surface area (Å²) in [5, 5.41) is 0. The van der Waals surface area contributed by atoms with E-state index in [2.05, 4.69) is 74.5 Å². The van der Waals surface area contributed by atoms with Crippen LogP contribution in [-0.2, 0) is 24.7 Å². The highest BCUT2D eigenvalue weighted by Crippen LogP contribution is 2.54. The molecule has 0 N–H and O–H groups in total. The molecule has 2 aliphatic carbocycles. The predicted octanol–water partition coefficient (Wildman–Crippen LogP) is 9.13. The monoisotopic (exact) mass is 436 g/mol. The van der Waals surface area contributed by atoms with Crippen LogP contribution in [0.4, 0.5) is 0 Å². The fourth-order valence-electron chi connectivity index (χ4n) is 6.42. The van der Waals surface area contributed by atoms with Crippen LogP contribution in [0.3, 0.4) is 0 Å². The molecule has 0 heterocycles. The van der Waals surface area contributed by atoms with E-state index in [1.807, 2.05) is 0 Å². The highest BCUT2D eigenvalue weighted by Gasteiger charge is 2.41. The summed E-state index contributed by atoms with van der Waals surface area (Å²) in [7, 11) is 0. The zero-order valence-electron chi connectivity index (χ0n) is 20.8. The minimum Gasteiger partial charge on any atom is -0.0654 e. The third kappa shape index (κ3) is 4.42. The summed E-state index contributed by atoms with van der Waals surface area (Å²) in [5.74, 6) is 0. The molecule has 0 radical (unpaired) electrons. The molecule has 2 aliphatic rings. The molecule has 0 aromatic heterocycles. The van der Waals surface area contributed by atoms with Crippen LogP contribution in [0.5, 0.6) is 0 Å². The highest BCUT2D eigenvalue weighted by molar-refractivity contribution is 5.81. The Balaban J connectivity index is 1.32. The highest BCUT2D eigenvalue weighted by atomic mass is 14.4. The summed E-state index contributed by atoms with van der Waals surface area (Å²) in [6.45, 7) is 4.58. The van der Waals surface area contributed by atoms with Gasteiger partial charge < -0.3 is 0 Å². The Hall–Kier alpha value is -2.34. The summed E-state index contributed by atoms with van der Waals surface area (Å²) in [6.07, 6.45) is 15.7. The molecule has 0 saturated heterocycles. The molecule has 0 aliphatic heterocycles. The largest absolute Gasteiger partial charge is 0.0654 e. The molecule has 1 unspecified atom stereocenters. The summed E-state index contributed by atoms with van der Waals surface area (Å²) < 4.78 is 0. The summed E-state index contributed by atoms with van der Waals surface area (Å²) in [4.78, 5) is 0. The first kappa shape index (κ1) is 22.5. The van der Waals surface area contributed by atoms with Gasteiger partial charge in [0.2, 0.25) is 0 Å². The van der Waals surface area contributed by atoms with E-state index in [4.69, 9.17) is 0 Å². The maximum atomic E-state index is 2.51.